The highest BCUT2D eigenvalue weighted by Gasteiger charge is 2.27. The van der Waals surface area contributed by atoms with Crippen molar-refractivity contribution in [1.82, 2.24) is 29.1 Å². The van der Waals surface area contributed by atoms with Gasteiger partial charge in [0, 0.05) is 112 Å². The summed E-state index contributed by atoms with van der Waals surface area (Å²) in [5.74, 6) is 0.656. The maximum Gasteiger partial charge on any atom is 0.223 e. The van der Waals surface area contributed by atoms with E-state index in [9.17, 15) is 0 Å². The van der Waals surface area contributed by atoms with Gasteiger partial charge in [0.05, 0.1) is 75.8 Å². The molecule has 0 aliphatic heterocycles. The van der Waals surface area contributed by atoms with Gasteiger partial charge >= 0.3 is 0 Å². The average molecular weight is 1860 g/mol. The largest absolute Gasteiger partial charge is 0.454 e. The summed E-state index contributed by atoms with van der Waals surface area (Å²) in [4.78, 5) is 19.5. The Bertz CT molecular complexity index is 9320. The molecule has 18 heteroatoms. The minimum atomic E-state index is 0. The Labute approximate surface area is 802 Å². The second-order valence-electron chi connectivity index (χ2n) is 32.7. The second kappa shape index (κ2) is 37.8. The number of rotatable bonds is 5. The van der Waals surface area contributed by atoms with Gasteiger partial charge in [-0.3, -0.25) is 0 Å². The molecule has 29 rings (SSSR count). The van der Waals surface area contributed by atoms with E-state index < -0.39 is 0 Å². The number of halogens is 6. The van der Waals surface area contributed by atoms with Crippen molar-refractivity contribution in [2.45, 2.75) is 21.3 Å². The van der Waals surface area contributed by atoms with Crippen LogP contribution in [0, 0.1) is 0 Å². The summed E-state index contributed by atoms with van der Waals surface area (Å²) >= 11 is 15.8. The third-order valence-electron chi connectivity index (χ3n) is 25.3. The normalized spacial score (nSPS) is 11.4. The van der Waals surface area contributed by atoms with Gasteiger partial charge in [-0.15, -0.1) is 22.7 Å². The SMILES string of the molecule is C.C.Clc1cccc2c1oc1ccc3ccccc3c12.Clc1nc(-c2ccccc2)c2sc3ccccc3c2n1.FF.FF.[B].c1ccc(-c2nc(-c3cc4ccccc4c4c3oc3c(-n5c6ccccc6c6ccccc65)cccc34)nc3c2sc2ccccc23)cc1.c1ccc2c(c1)Cc1ccccc1-2.c1ccc2c(c1)ccc1oc3c(-n4c5ccccc5c5ccccc54)cccc3c12. The molecule has 0 saturated heterocycles. The number of furan rings is 3. The zero-order valence-electron chi connectivity index (χ0n) is 71.5. The Kier molecular flexibility index (Phi) is 24.5. The van der Waals surface area contributed by atoms with Crippen LogP contribution in [-0.2, 0) is 6.42 Å². The van der Waals surface area contributed by atoms with Gasteiger partial charge in [-0.25, -0.2) is 19.9 Å². The van der Waals surface area contributed by atoms with E-state index in [0.717, 1.165) is 159 Å². The molecule has 9 heterocycles. The first-order chi connectivity index (χ1) is 66.3. The predicted octanol–water partition coefficient (Wildman–Crippen LogP) is 36.6. The Hall–Kier alpha value is -16.1. The molecular weight excluding hydrogens is 1780 g/mol. The molecule has 3 radical (unpaired) electrons. The maximum absolute atomic E-state index is 8.00. The molecule has 659 valence electrons. The molecular formula is C119H78BCl2F4N6O3S2. The van der Waals surface area contributed by atoms with Gasteiger partial charge in [-0.2, -0.15) is 0 Å². The van der Waals surface area contributed by atoms with Gasteiger partial charge < -0.3 is 22.4 Å². The molecule has 0 bridgehead atoms. The number of fused-ring (bicyclic) bond motifs is 30. The summed E-state index contributed by atoms with van der Waals surface area (Å²) in [6.45, 7) is 0. The number of thiophene rings is 2. The molecule has 0 atom stereocenters. The highest BCUT2D eigenvalue weighted by Crippen LogP contribution is 2.49. The van der Waals surface area contributed by atoms with Crippen LogP contribution in [0.5, 0.6) is 0 Å². The topological polar surface area (TPSA) is 101 Å². The van der Waals surface area contributed by atoms with Crippen molar-refractivity contribution in [3.8, 4) is 56.4 Å². The predicted molar refractivity (Wildman–Crippen MR) is 570 cm³/mol. The number of nitrogens with zero attached hydrogens (tertiary/aromatic N) is 6. The molecule has 0 unspecified atom stereocenters. The van der Waals surface area contributed by atoms with Crippen molar-refractivity contribution < 1.29 is 31.5 Å². The van der Waals surface area contributed by atoms with Crippen molar-refractivity contribution in [3.05, 3.63) is 434 Å². The average Bonchev–Trinajstić information content (AvgIpc) is 1.61. The van der Waals surface area contributed by atoms with E-state index in [-0.39, 0.29) is 23.3 Å². The van der Waals surface area contributed by atoms with E-state index in [1.54, 1.807) is 22.7 Å². The van der Waals surface area contributed by atoms with Crippen LogP contribution < -0.4 is 0 Å². The Morgan fingerprint density at radius 2 is 0.635 bits per heavy atom. The molecule has 9 nitrogen and oxygen atoms in total. The van der Waals surface area contributed by atoms with E-state index in [1.165, 1.54) is 91.2 Å². The number of aromatic nitrogens is 6. The molecule has 137 heavy (non-hydrogen) atoms. The molecule has 28 aromatic rings. The van der Waals surface area contributed by atoms with Gasteiger partial charge in [-0.05, 0) is 145 Å². The van der Waals surface area contributed by atoms with Gasteiger partial charge in [0.1, 0.15) is 16.7 Å². The Balaban J connectivity index is 0.000000113. The number of benzene rings is 19. The van der Waals surface area contributed by atoms with E-state index >= 15 is 0 Å². The van der Waals surface area contributed by atoms with Crippen LogP contribution in [0.25, 0.3) is 239 Å². The smallest absolute Gasteiger partial charge is 0.223 e. The van der Waals surface area contributed by atoms with Crippen LogP contribution in [0.15, 0.2) is 426 Å². The zero-order valence-corrected chi connectivity index (χ0v) is 74.7. The quantitative estimate of drug-likeness (QED) is 0.0961. The summed E-state index contributed by atoms with van der Waals surface area (Å²) in [6, 6.07) is 144. The molecule has 0 spiro atoms. The fourth-order valence-electron chi connectivity index (χ4n) is 19.5. The van der Waals surface area contributed by atoms with E-state index in [4.69, 9.17) is 64.7 Å². The maximum atomic E-state index is 8.00. The molecule has 9 aromatic heterocycles. The first kappa shape index (κ1) is 88.8. The lowest BCUT2D eigenvalue weighted by Crippen LogP contribution is -1.94. The van der Waals surface area contributed by atoms with E-state index in [0.29, 0.717) is 16.1 Å². The number of hydrogen-bond acceptors (Lipinski definition) is 9. The minimum absolute atomic E-state index is 0. The van der Waals surface area contributed by atoms with Crippen LogP contribution in [0.1, 0.15) is 26.0 Å². The summed E-state index contributed by atoms with van der Waals surface area (Å²) in [5.41, 5.74) is 24.4. The highest BCUT2D eigenvalue weighted by atomic mass is 35.5. The van der Waals surface area contributed by atoms with Gasteiger partial charge in [0.15, 0.2) is 22.6 Å². The third kappa shape index (κ3) is 15.4. The van der Waals surface area contributed by atoms with Crippen molar-refractivity contribution in [1.29, 1.82) is 0 Å². The van der Waals surface area contributed by atoms with Gasteiger partial charge in [0.25, 0.3) is 0 Å². The van der Waals surface area contributed by atoms with Crippen molar-refractivity contribution >= 4 is 237 Å². The fraction of sp³-hybridized carbons (Fsp3) is 0.0252. The van der Waals surface area contributed by atoms with Crippen molar-refractivity contribution in [3.63, 3.8) is 0 Å². The van der Waals surface area contributed by atoms with Crippen molar-refractivity contribution in [2.75, 3.05) is 0 Å². The molecule has 1 aliphatic rings. The highest BCUT2D eigenvalue weighted by molar-refractivity contribution is 7.26. The minimum Gasteiger partial charge on any atom is -0.454 e. The first-order valence-corrected chi connectivity index (χ1v) is 46.0. The van der Waals surface area contributed by atoms with Crippen LogP contribution in [-0.4, -0.2) is 37.5 Å². The molecule has 19 aromatic carbocycles. The van der Waals surface area contributed by atoms with Gasteiger partial charge in [0.2, 0.25) is 5.28 Å². The molecule has 0 fully saturated rings. The second-order valence-corrected chi connectivity index (χ2v) is 35.5. The fourth-order valence-corrected chi connectivity index (χ4v) is 22.2. The van der Waals surface area contributed by atoms with Crippen LogP contribution in [0.3, 0.4) is 0 Å². The summed E-state index contributed by atoms with van der Waals surface area (Å²) in [6.07, 6.45) is 1.10. The van der Waals surface area contributed by atoms with Crippen LogP contribution in [0.2, 0.25) is 10.3 Å². The van der Waals surface area contributed by atoms with Crippen LogP contribution >= 0.6 is 45.9 Å². The molecule has 0 N–H and O–H groups in total. The first-order valence-electron chi connectivity index (χ1n) is 43.6. The van der Waals surface area contributed by atoms with Crippen LogP contribution in [0.4, 0.5) is 18.3 Å². The summed E-state index contributed by atoms with van der Waals surface area (Å²) in [5, 5.41) is 22.0. The summed E-state index contributed by atoms with van der Waals surface area (Å²) in [7, 11) is 0. The Morgan fingerprint density at radius 1 is 0.277 bits per heavy atom. The lowest BCUT2D eigenvalue weighted by molar-refractivity contribution is 0.108. The monoisotopic (exact) mass is 1860 g/mol. The number of hydrogen-bond donors (Lipinski definition) is 0. The third-order valence-corrected chi connectivity index (χ3v) is 28.1. The number of para-hydroxylation sites is 7. The zero-order chi connectivity index (χ0) is 90.0. The molecule has 1 aliphatic carbocycles. The van der Waals surface area contributed by atoms with E-state index in [2.05, 4.69) is 353 Å². The lowest BCUT2D eigenvalue weighted by Gasteiger charge is -2.09. The summed E-state index contributed by atoms with van der Waals surface area (Å²) < 4.78 is 60.7. The van der Waals surface area contributed by atoms with E-state index in [1.807, 2.05) is 78.9 Å². The molecule has 0 amide bonds. The lowest BCUT2D eigenvalue weighted by atomic mass is 9.99. The van der Waals surface area contributed by atoms with Crippen molar-refractivity contribution in [2.24, 2.45) is 0 Å². The van der Waals surface area contributed by atoms with Gasteiger partial charge in [-0.1, -0.05) is 366 Å². The molecule has 0 saturated carbocycles. The standard InChI is InChI=1S/C44H25N3OS.C28H17NO.C16H9ClN2S.C16H9ClO.C13H10.2CH4.B.2F2/c1-2-13-26(14-3-1)39-43-40(31-19-8-11-24-37(31)49-43)46-44(45-39)33-25-27-15-4-5-16-28(27)38-32-20-12-23-36(41(32)48-42(33)38)47-34-21-9-6-17-29(34)30-18-7-10-22-35(30)47;1-2-9-19-18(8-1)16-17-26-27(19)22-12-7-15-25(28(22)30-26)29-23-13-5-3-10-20(23)21-11-4-6-14-24(21)29;17-16-18-13(10-6-2-1-3-7-10)15-14(19-16)11-8-4-5-9-12(11)20-15;17-13-7-3-6-12-15-11-5-2-1-4-10(11)8-9-14(15)18-16(12)13;1-3-7-12-10(5-1)9-11-6-2-4-8-13(11)12;;;;2*1-2/h1-25H;1-17H;1-9H;1-9H;1-8H,9H2;2*1H4;;;. The Morgan fingerprint density at radius 3 is 1.12 bits per heavy atom.